The van der Waals surface area contributed by atoms with Crippen LogP contribution in [0.25, 0.3) is 0 Å². The average Bonchev–Trinajstić information content (AvgIpc) is 2.43. The van der Waals surface area contributed by atoms with E-state index in [4.69, 9.17) is 0 Å². The van der Waals surface area contributed by atoms with Gasteiger partial charge in [-0.3, -0.25) is 9.78 Å². The van der Waals surface area contributed by atoms with Crippen LogP contribution in [0.3, 0.4) is 0 Å². The molecule has 0 bridgehead atoms. The number of carbonyl (C=O) groups is 1. The molecule has 4 nitrogen and oxygen atoms in total. The van der Waals surface area contributed by atoms with Crippen molar-refractivity contribution in [2.24, 2.45) is 0 Å². The van der Waals surface area contributed by atoms with Crippen molar-refractivity contribution in [2.75, 3.05) is 6.54 Å². The number of hydrogen-bond donors (Lipinski definition) is 2. The van der Waals surface area contributed by atoms with Gasteiger partial charge >= 0.3 is 0 Å². The summed E-state index contributed by atoms with van der Waals surface area (Å²) in [6, 6.07) is 4.35. The van der Waals surface area contributed by atoms with Crippen molar-refractivity contribution >= 4 is 5.91 Å². The molecule has 0 saturated heterocycles. The maximum atomic E-state index is 11.7. The Kier molecular flexibility index (Phi) is 6.36. The van der Waals surface area contributed by atoms with Gasteiger partial charge in [0.15, 0.2) is 0 Å². The van der Waals surface area contributed by atoms with Crippen molar-refractivity contribution in [1.82, 2.24) is 15.6 Å². The van der Waals surface area contributed by atoms with Crippen molar-refractivity contribution < 1.29 is 4.79 Å². The summed E-state index contributed by atoms with van der Waals surface area (Å²) in [4.78, 5) is 15.7. The van der Waals surface area contributed by atoms with E-state index in [1.807, 2.05) is 19.1 Å². The molecule has 1 rings (SSSR count). The molecule has 0 radical (unpaired) electrons. The van der Waals surface area contributed by atoms with Crippen LogP contribution >= 0.6 is 0 Å². The zero-order valence-electron chi connectivity index (χ0n) is 11.4. The lowest BCUT2D eigenvalue weighted by atomic mass is 10.1. The molecule has 2 N–H and O–H groups in total. The van der Waals surface area contributed by atoms with E-state index in [9.17, 15) is 4.79 Å². The molecule has 1 aromatic heterocycles. The molecule has 1 heterocycles. The lowest BCUT2D eigenvalue weighted by Gasteiger charge is -2.17. The minimum atomic E-state index is 0.0598. The third kappa shape index (κ3) is 4.84. The molecule has 0 aromatic carbocycles. The highest BCUT2D eigenvalue weighted by atomic mass is 16.1. The topological polar surface area (TPSA) is 54.0 Å². The molecule has 1 amide bonds. The van der Waals surface area contributed by atoms with Gasteiger partial charge in [0.25, 0.3) is 0 Å². The maximum Gasteiger partial charge on any atom is 0.234 e. The van der Waals surface area contributed by atoms with Crippen LogP contribution in [0.15, 0.2) is 24.5 Å². The monoisotopic (exact) mass is 249 g/mol. The second-order valence-corrected chi connectivity index (χ2v) is 4.46. The minimum absolute atomic E-state index is 0.0598. The normalized spacial score (nSPS) is 12.4. The fourth-order valence-electron chi connectivity index (χ4n) is 1.79. The molecule has 100 valence electrons. The van der Waals surface area contributed by atoms with Gasteiger partial charge in [-0.15, -0.1) is 0 Å². The highest BCUT2D eigenvalue weighted by Crippen LogP contribution is 2.09. The molecule has 0 saturated carbocycles. The highest BCUT2D eigenvalue weighted by Gasteiger charge is 2.10. The van der Waals surface area contributed by atoms with E-state index in [2.05, 4.69) is 29.5 Å². The molecule has 0 fully saturated rings. The highest BCUT2D eigenvalue weighted by molar-refractivity contribution is 5.78. The Bertz CT molecular complexity index is 349. The van der Waals surface area contributed by atoms with Crippen molar-refractivity contribution in [2.45, 2.75) is 45.7 Å². The number of amides is 1. The fraction of sp³-hybridized carbons (Fsp3) is 0.571. The summed E-state index contributed by atoms with van der Waals surface area (Å²) in [5, 5.41) is 6.22. The molecule has 1 atom stereocenters. The number of carbonyl (C=O) groups excluding carboxylic acids is 1. The quantitative estimate of drug-likeness (QED) is 0.777. The lowest BCUT2D eigenvalue weighted by Crippen LogP contribution is -2.40. The van der Waals surface area contributed by atoms with Crippen LogP contribution in [-0.2, 0) is 4.79 Å². The first-order valence-corrected chi connectivity index (χ1v) is 6.60. The molecule has 0 spiro atoms. The number of rotatable bonds is 7. The second kappa shape index (κ2) is 7.82. The summed E-state index contributed by atoms with van der Waals surface area (Å²) >= 11 is 0. The molecular formula is C14H23N3O. The van der Waals surface area contributed by atoms with Gasteiger partial charge in [0.1, 0.15) is 0 Å². The van der Waals surface area contributed by atoms with Crippen molar-refractivity contribution in [3.05, 3.63) is 30.1 Å². The summed E-state index contributed by atoms with van der Waals surface area (Å²) in [7, 11) is 0. The number of hydrogen-bond acceptors (Lipinski definition) is 3. The third-order valence-electron chi connectivity index (χ3n) is 3.13. The number of pyridine rings is 1. The van der Waals surface area contributed by atoms with Gasteiger partial charge in [0.2, 0.25) is 5.91 Å². The van der Waals surface area contributed by atoms with Gasteiger partial charge in [0, 0.05) is 24.5 Å². The standard InChI is InChI=1S/C14H23N3O/c1-4-13(5-2)17-14(18)10-16-11(3)12-6-8-15-9-7-12/h6-9,11,13,16H,4-5,10H2,1-3H3,(H,17,18)/t11-/m1/s1. The molecule has 0 aliphatic carbocycles. The first-order valence-electron chi connectivity index (χ1n) is 6.60. The molecule has 0 aliphatic heterocycles. The van der Waals surface area contributed by atoms with E-state index in [-0.39, 0.29) is 18.0 Å². The van der Waals surface area contributed by atoms with Crippen LogP contribution in [0.5, 0.6) is 0 Å². The first-order chi connectivity index (χ1) is 8.67. The Morgan fingerprint density at radius 2 is 1.89 bits per heavy atom. The number of nitrogens with one attached hydrogen (secondary N) is 2. The summed E-state index contributed by atoms with van der Waals surface area (Å²) in [6.45, 7) is 6.56. The number of aromatic nitrogens is 1. The lowest BCUT2D eigenvalue weighted by molar-refractivity contribution is -0.121. The van der Waals surface area contributed by atoms with Gasteiger partial charge in [0.05, 0.1) is 6.54 Å². The molecule has 18 heavy (non-hydrogen) atoms. The van der Waals surface area contributed by atoms with Crippen LogP contribution in [0.4, 0.5) is 0 Å². The summed E-state index contributed by atoms with van der Waals surface area (Å²) in [5.41, 5.74) is 1.14. The van der Waals surface area contributed by atoms with Gasteiger partial charge in [-0.1, -0.05) is 13.8 Å². The van der Waals surface area contributed by atoms with Crippen molar-refractivity contribution in [3.8, 4) is 0 Å². The largest absolute Gasteiger partial charge is 0.352 e. The average molecular weight is 249 g/mol. The fourth-order valence-corrected chi connectivity index (χ4v) is 1.79. The Balaban J connectivity index is 2.34. The van der Waals surface area contributed by atoms with E-state index in [0.717, 1.165) is 18.4 Å². The van der Waals surface area contributed by atoms with Crippen LogP contribution in [0.1, 0.15) is 45.2 Å². The Morgan fingerprint density at radius 3 is 2.44 bits per heavy atom. The van der Waals surface area contributed by atoms with E-state index >= 15 is 0 Å². The van der Waals surface area contributed by atoms with E-state index in [0.29, 0.717) is 6.54 Å². The molecule has 0 aliphatic rings. The smallest absolute Gasteiger partial charge is 0.234 e. The first kappa shape index (κ1) is 14.6. The Morgan fingerprint density at radius 1 is 1.28 bits per heavy atom. The van der Waals surface area contributed by atoms with E-state index in [1.54, 1.807) is 12.4 Å². The van der Waals surface area contributed by atoms with Crippen LogP contribution in [0.2, 0.25) is 0 Å². The summed E-state index contributed by atoms with van der Waals surface area (Å²) in [6.07, 6.45) is 5.47. The molecule has 0 unspecified atom stereocenters. The third-order valence-corrected chi connectivity index (χ3v) is 3.13. The predicted molar refractivity (Wildman–Crippen MR) is 73.2 cm³/mol. The molecular weight excluding hydrogens is 226 g/mol. The van der Waals surface area contributed by atoms with Crippen molar-refractivity contribution in [1.29, 1.82) is 0 Å². The summed E-state index contributed by atoms with van der Waals surface area (Å²) < 4.78 is 0. The molecule has 4 heteroatoms. The SMILES string of the molecule is CCC(CC)NC(=O)CN[C@H](C)c1ccncc1. The maximum absolute atomic E-state index is 11.7. The zero-order chi connectivity index (χ0) is 13.4. The van der Waals surface area contributed by atoms with Gasteiger partial charge < -0.3 is 10.6 Å². The van der Waals surface area contributed by atoms with Crippen LogP contribution in [0, 0.1) is 0 Å². The van der Waals surface area contributed by atoms with Crippen molar-refractivity contribution in [3.63, 3.8) is 0 Å². The minimum Gasteiger partial charge on any atom is -0.352 e. The van der Waals surface area contributed by atoms with E-state index < -0.39 is 0 Å². The van der Waals surface area contributed by atoms with Crippen LogP contribution in [-0.4, -0.2) is 23.5 Å². The molecule has 1 aromatic rings. The van der Waals surface area contributed by atoms with E-state index in [1.165, 1.54) is 0 Å². The summed E-state index contributed by atoms with van der Waals surface area (Å²) in [5.74, 6) is 0.0598. The Labute approximate surface area is 109 Å². The van der Waals surface area contributed by atoms with Gasteiger partial charge in [-0.25, -0.2) is 0 Å². The van der Waals surface area contributed by atoms with Gasteiger partial charge in [-0.05, 0) is 37.5 Å². The Hall–Kier alpha value is -1.42. The van der Waals surface area contributed by atoms with Crippen LogP contribution < -0.4 is 10.6 Å². The second-order valence-electron chi connectivity index (χ2n) is 4.46. The van der Waals surface area contributed by atoms with Gasteiger partial charge in [-0.2, -0.15) is 0 Å². The number of nitrogens with zero attached hydrogens (tertiary/aromatic N) is 1. The zero-order valence-corrected chi connectivity index (χ0v) is 11.4. The predicted octanol–water partition coefficient (Wildman–Crippen LogP) is 2.04.